The minimum atomic E-state index is -3.70. The van der Waals surface area contributed by atoms with Gasteiger partial charge in [0.1, 0.15) is 0 Å². The van der Waals surface area contributed by atoms with E-state index in [9.17, 15) is 8.42 Å². The van der Waals surface area contributed by atoms with Crippen LogP contribution in [-0.4, -0.2) is 14.5 Å². The summed E-state index contributed by atoms with van der Waals surface area (Å²) in [5, 5.41) is 8.85. The predicted molar refractivity (Wildman–Crippen MR) is 66.2 cm³/mol. The van der Waals surface area contributed by atoms with E-state index < -0.39 is 15.5 Å². The Labute approximate surface area is 107 Å². The van der Waals surface area contributed by atoms with Gasteiger partial charge >= 0.3 is 0 Å². The molecule has 0 aliphatic heterocycles. The molecule has 18 heavy (non-hydrogen) atoms. The maximum absolute atomic E-state index is 11.9. The second-order valence-electron chi connectivity index (χ2n) is 5.07. The Hall–Kier alpha value is -1.38. The van der Waals surface area contributed by atoms with Gasteiger partial charge in [0, 0.05) is 0 Å². The van der Waals surface area contributed by atoms with Crippen molar-refractivity contribution in [3.05, 3.63) is 29.8 Å². The summed E-state index contributed by atoms with van der Waals surface area (Å²) in [4.78, 5) is 0.165. The molecular formula is C13H15NO3S. The summed E-state index contributed by atoms with van der Waals surface area (Å²) in [5.41, 5.74) is 0.558. The highest BCUT2D eigenvalue weighted by Crippen LogP contribution is 2.42. The van der Waals surface area contributed by atoms with Gasteiger partial charge in [-0.25, -0.2) is 0 Å². The molecule has 4 nitrogen and oxygen atoms in total. The topological polar surface area (TPSA) is 67.2 Å². The summed E-state index contributed by atoms with van der Waals surface area (Å²) < 4.78 is 29.0. The molecule has 0 spiro atoms. The van der Waals surface area contributed by atoms with Crippen LogP contribution in [0.15, 0.2) is 29.2 Å². The van der Waals surface area contributed by atoms with Crippen LogP contribution in [0.2, 0.25) is 0 Å². The molecule has 0 saturated heterocycles. The first-order valence-electron chi connectivity index (χ1n) is 5.76. The summed E-state index contributed by atoms with van der Waals surface area (Å²) >= 11 is 0. The van der Waals surface area contributed by atoms with Gasteiger partial charge in [-0.3, -0.25) is 4.18 Å². The molecular weight excluding hydrogens is 250 g/mol. The van der Waals surface area contributed by atoms with Gasteiger partial charge in [0.25, 0.3) is 10.1 Å². The largest absolute Gasteiger partial charge is 0.297 e. The van der Waals surface area contributed by atoms with Crippen molar-refractivity contribution in [2.45, 2.75) is 37.7 Å². The highest BCUT2D eigenvalue weighted by atomic mass is 32.2. The third-order valence-electron chi connectivity index (χ3n) is 3.20. The molecule has 1 aromatic rings. The Kier molecular flexibility index (Phi) is 3.18. The SMILES string of the molecule is Cc1ccc(S(=O)(=O)OC2CC(C)(C#N)C2)cc1. The molecule has 0 radical (unpaired) electrons. The van der Waals surface area contributed by atoms with E-state index in [1.54, 1.807) is 12.1 Å². The van der Waals surface area contributed by atoms with Crippen molar-refractivity contribution in [3.8, 4) is 6.07 Å². The van der Waals surface area contributed by atoms with Crippen LogP contribution in [0, 0.1) is 23.7 Å². The van der Waals surface area contributed by atoms with Crippen molar-refractivity contribution in [3.63, 3.8) is 0 Å². The molecule has 0 aromatic heterocycles. The number of benzene rings is 1. The zero-order valence-electron chi connectivity index (χ0n) is 10.4. The Balaban J connectivity index is 2.06. The average molecular weight is 265 g/mol. The normalized spacial score (nSPS) is 27.3. The standard InChI is InChI=1S/C13H15NO3S/c1-10-3-5-12(6-4-10)18(15,16)17-11-7-13(2,8-11)9-14/h3-6,11H,7-8H2,1-2H3. The van der Waals surface area contributed by atoms with Crippen LogP contribution >= 0.6 is 0 Å². The molecule has 2 rings (SSSR count). The van der Waals surface area contributed by atoms with Gasteiger partial charge < -0.3 is 0 Å². The number of nitrogens with zero attached hydrogens (tertiary/aromatic N) is 1. The van der Waals surface area contributed by atoms with Gasteiger partial charge in [-0.05, 0) is 38.8 Å². The lowest BCUT2D eigenvalue weighted by Crippen LogP contribution is -2.40. The first kappa shape index (κ1) is 13.1. The molecule has 1 aliphatic carbocycles. The summed E-state index contributed by atoms with van der Waals surface area (Å²) in [7, 11) is -3.70. The fraction of sp³-hybridized carbons (Fsp3) is 0.462. The van der Waals surface area contributed by atoms with Gasteiger partial charge in [-0.15, -0.1) is 0 Å². The van der Waals surface area contributed by atoms with Crippen LogP contribution < -0.4 is 0 Å². The Morgan fingerprint density at radius 2 is 1.89 bits per heavy atom. The molecule has 1 aliphatic rings. The maximum Gasteiger partial charge on any atom is 0.297 e. The van der Waals surface area contributed by atoms with Crippen LogP contribution in [0.25, 0.3) is 0 Å². The summed E-state index contributed by atoms with van der Waals surface area (Å²) in [6.45, 7) is 3.70. The first-order chi connectivity index (χ1) is 8.35. The van der Waals surface area contributed by atoms with Crippen LogP contribution in [0.1, 0.15) is 25.3 Å². The van der Waals surface area contributed by atoms with E-state index in [1.807, 2.05) is 13.8 Å². The van der Waals surface area contributed by atoms with Crippen LogP contribution in [0.4, 0.5) is 0 Å². The molecule has 0 heterocycles. The van der Waals surface area contributed by atoms with Crippen molar-refractivity contribution in [1.82, 2.24) is 0 Å². The lowest BCUT2D eigenvalue weighted by molar-refractivity contribution is 0.0394. The smallest absolute Gasteiger partial charge is 0.263 e. The third-order valence-corrected chi connectivity index (χ3v) is 4.57. The van der Waals surface area contributed by atoms with Crippen molar-refractivity contribution >= 4 is 10.1 Å². The fourth-order valence-corrected chi connectivity index (χ4v) is 3.12. The minimum absolute atomic E-state index is 0.165. The van der Waals surface area contributed by atoms with Gasteiger partial charge in [0.2, 0.25) is 0 Å². The molecule has 0 bridgehead atoms. The highest BCUT2D eigenvalue weighted by molar-refractivity contribution is 7.86. The second-order valence-corrected chi connectivity index (χ2v) is 6.64. The average Bonchev–Trinajstić information content (AvgIpc) is 2.27. The number of nitriles is 1. The predicted octanol–water partition coefficient (Wildman–Crippen LogP) is 2.39. The van der Waals surface area contributed by atoms with Crippen molar-refractivity contribution < 1.29 is 12.6 Å². The number of hydrogen-bond donors (Lipinski definition) is 0. The van der Waals surface area contributed by atoms with E-state index >= 15 is 0 Å². The molecule has 0 N–H and O–H groups in total. The number of rotatable bonds is 3. The monoisotopic (exact) mass is 265 g/mol. The molecule has 1 saturated carbocycles. The highest BCUT2D eigenvalue weighted by Gasteiger charge is 2.43. The number of hydrogen-bond acceptors (Lipinski definition) is 4. The minimum Gasteiger partial charge on any atom is -0.263 e. The Morgan fingerprint density at radius 3 is 2.39 bits per heavy atom. The van der Waals surface area contributed by atoms with Gasteiger partial charge in [-0.2, -0.15) is 13.7 Å². The Morgan fingerprint density at radius 1 is 1.33 bits per heavy atom. The lowest BCUT2D eigenvalue weighted by atomic mass is 9.70. The summed E-state index contributed by atoms with van der Waals surface area (Å²) in [5.74, 6) is 0. The quantitative estimate of drug-likeness (QED) is 0.787. The van der Waals surface area contributed by atoms with Crippen molar-refractivity contribution in [1.29, 1.82) is 5.26 Å². The summed E-state index contributed by atoms with van der Waals surface area (Å²) in [6.07, 6.45) is 0.560. The molecule has 96 valence electrons. The molecule has 1 aromatic carbocycles. The van der Waals surface area contributed by atoms with Crippen LogP contribution in [0.5, 0.6) is 0 Å². The Bertz CT molecular complexity index is 578. The molecule has 0 unspecified atom stereocenters. The van der Waals surface area contributed by atoms with Gasteiger partial charge in [-0.1, -0.05) is 17.7 Å². The summed E-state index contributed by atoms with van der Waals surface area (Å²) in [6, 6.07) is 8.70. The lowest BCUT2D eigenvalue weighted by Gasteiger charge is -2.38. The zero-order chi connectivity index (χ0) is 13.4. The van der Waals surface area contributed by atoms with E-state index in [0.717, 1.165) is 5.56 Å². The first-order valence-corrected chi connectivity index (χ1v) is 7.17. The molecule has 1 fully saturated rings. The maximum atomic E-state index is 11.9. The van der Waals surface area contributed by atoms with Gasteiger partial charge in [0.15, 0.2) is 0 Å². The third kappa shape index (κ3) is 2.55. The molecule has 0 amide bonds. The van der Waals surface area contributed by atoms with Crippen LogP contribution in [0.3, 0.4) is 0 Å². The van der Waals surface area contributed by atoms with E-state index in [0.29, 0.717) is 12.8 Å². The van der Waals surface area contributed by atoms with Crippen molar-refractivity contribution in [2.24, 2.45) is 5.41 Å². The van der Waals surface area contributed by atoms with E-state index in [4.69, 9.17) is 9.44 Å². The van der Waals surface area contributed by atoms with E-state index in [-0.39, 0.29) is 11.0 Å². The molecule has 0 atom stereocenters. The van der Waals surface area contributed by atoms with Crippen molar-refractivity contribution in [2.75, 3.05) is 0 Å². The second kappa shape index (κ2) is 4.38. The van der Waals surface area contributed by atoms with E-state index in [1.165, 1.54) is 12.1 Å². The zero-order valence-corrected chi connectivity index (χ0v) is 11.2. The fourth-order valence-electron chi connectivity index (χ4n) is 2.04. The van der Waals surface area contributed by atoms with E-state index in [2.05, 4.69) is 6.07 Å². The van der Waals surface area contributed by atoms with Gasteiger partial charge in [0.05, 0.1) is 22.5 Å². The molecule has 5 heteroatoms. The van der Waals surface area contributed by atoms with Crippen LogP contribution in [-0.2, 0) is 14.3 Å². The number of aryl methyl sites for hydroxylation is 1.